The van der Waals surface area contributed by atoms with E-state index in [0.29, 0.717) is 18.5 Å². The van der Waals surface area contributed by atoms with E-state index in [-0.39, 0.29) is 18.4 Å². The second kappa shape index (κ2) is 6.34. The average Bonchev–Trinajstić information content (AvgIpc) is 3.01. The fraction of sp³-hybridized carbons (Fsp3) is 0.353. The molecule has 0 aliphatic heterocycles. The molecule has 0 spiro atoms. The van der Waals surface area contributed by atoms with Crippen molar-refractivity contribution in [3.05, 3.63) is 36.5 Å². The standard InChI is InChI=1S/C17H20N4O2/c18-17(8-1-2-9-17)16(23)20-11-14(22)21-13-7-3-5-12-6-4-10-19-15(12)13/h3-7,10H,1-2,8-9,11,18H2,(H,20,23)(H,21,22). The van der Waals surface area contributed by atoms with Crippen LogP contribution in [0.5, 0.6) is 0 Å². The van der Waals surface area contributed by atoms with Gasteiger partial charge in [-0.3, -0.25) is 14.6 Å². The molecule has 4 N–H and O–H groups in total. The van der Waals surface area contributed by atoms with Gasteiger partial charge >= 0.3 is 0 Å². The Morgan fingerprint density at radius 1 is 1.17 bits per heavy atom. The second-order valence-corrected chi connectivity index (χ2v) is 5.97. The molecule has 2 amide bonds. The zero-order valence-corrected chi connectivity index (χ0v) is 12.8. The summed E-state index contributed by atoms with van der Waals surface area (Å²) >= 11 is 0. The monoisotopic (exact) mass is 312 g/mol. The van der Waals surface area contributed by atoms with Gasteiger partial charge in [-0.15, -0.1) is 0 Å². The number of para-hydroxylation sites is 1. The van der Waals surface area contributed by atoms with Crippen LogP contribution < -0.4 is 16.4 Å². The Morgan fingerprint density at radius 2 is 1.91 bits per heavy atom. The molecule has 3 rings (SSSR count). The normalized spacial score (nSPS) is 16.2. The molecular formula is C17H20N4O2. The zero-order valence-electron chi connectivity index (χ0n) is 12.8. The number of anilines is 1. The average molecular weight is 312 g/mol. The van der Waals surface area contributed by atoms with Crippen LogP contribution in [-0.2, 0) is 9.59 Å². The fourth-order valence-corrected chi connectivity index (χ4v) is 2.97. The summed E-state index contributed by atoms with van der Waals surface area (Å²) in [5.41, 5.74) is 6.60. The number of hydrogen-bond acceptors (Lipinski definition) is 4. The highest BCUT2D eigenvalue weighted by Gasteiger charge is 2.36. The molecule has 0 bridgehead atoms. The molecule has 0 radical (unpaired) electrons. The fourth-order valence-electron chi connectivity index (χ4n) is 2.97. The maximum Gasteiger partial charge on any atom is 0.243 e. The lowest BCUT2D eigenvalue weighted by atomic mass is 9.98. The molecule has 1 heterocycles. The quantitative estimate of drug-likeness (QED) is 0.798. The number of carbonyl (C=O) groups excluding carboxylic acids is 2. The Bertz CT molecular complexity index is 733. The van der Waals surface area contributed by atoms with E-state index < -0.39 is 5.54 Å². The van der Waals surface area contributed by atoms with E-state index in [1.165, 1.54) is 0 Å². The summed E-state index contributed by atoms with van der Waals surface area (Å²) in [7, 11) is 0. The second-order valence-electron chi connectivity index (χ2n) is 5.97. The van der Waals surface area contributed by atoms with Gasteiger partial charge in [0.15, 0.2) is 0 Å². The van der Waals surface area contributed by atoms with Crippen molar-refractivity contribution in [2.45, 2.75) is 31.2 Å². The van der Waals surface area contributed by atoms with E-state index in [9.17, 15) is 9.59 Å². The third-order valence-corrected chi connectivity index (χ3v) is 4.26. The van der Waals surface area contributed by atoms with Gasteiger partial charge < -0.3 is 16.4 Å². The van der Waals surface area contributed by atoms with Gasteiger partial charge in [-0.1, -0.05) is 31.0 Å². The SMILES string of the molecule is NC1(C(=O)NCC(=O)Nc2cccc3cccnc23)CCCC1. The van der Waals surface area contributed by atoms with Crippen molar-refractivity contribution in [1.82, 2.24) is 10.3 Å². The molecule has 23 heavy (non-hydrogen) atoms. The predicted molar refractivity (Wildman–Crippen MR) is 88.8 cm³/mol. The first kappa shape index (κ1) is 15.4. The molecule has 0 atom stereocenters. The number of aromatic nitrogens is 1. The van der Waals surface area contributed by atoms with Crippen LogP contribution in [0.15, 0.2) is 36.5 Å². The van der Waals surface area contributed by atoms with E-state index in [0.717, 1.165) is 23.7 Å². The highest BCUT2D eigenvalue weighted by Crippen LogP contribution is 2.27. The Morgan fingerprint density at radius 3 is 2.70 bits per heavy atom. The summed E-state index contributed by atoms with van der Waals surface area (Å²) in [6.07, 6.45) is 4.94. The van der Waals surface area contributed by atoms with Crippen molar-refractivity contribution in [2.24, 2.45) is 5.73 Å². The smallest absolute Gasteiger partial charge is 0.243 e. The van der Waals surface area contributed by atoms with Crippen molar-refractivity contribution in [2.75, 3.05) is 11.9 Å². The number of pyridine rings is 1. The lowest BCUT2D eigenvalue weighted by molar-refractivity contribution is -0.128. The lowest BCUT2D eigenvalue weighted by Crippen LogP contribution is -2.53. The van der Waals surface area contributed by atoms with Crippen molar-refractivity contribution >= 4 is 28.4 Å². The van der Waals surface area contributed by atoms with Crippen molar-refractivity contribution in [3.63, 3.8) is 0 Å². The van der Waals surface area contributed by atoms with Gasteiger partial charge in [-0.25, -0.2) is 0 Å². The largest absolute Gasteiger partial charge is 0.345 e. The molecule has 1 aromatic carbocycles. The Kier molecular flexibility index (Phi) is 4.25. The van der Waals surface area contributed by atoms with E-state index in [1.807, 2.05) is 24.3 Å². The van der Waals surface area contributed by atoms with Gasteiger partial charge in [0.2, 0.25) is 11.8 Å². The van der Waals surface area contributed by atoms with Crippen LogP contribution >= 0.6 is 0 Å². The van der Waals surface area contributed by atoms with Crippen LogP contribution in [0.25, 0.3) is 10.9 Å². The van der Waals surface area contributed by atoms with Gasteiger partial charge in [-0.05, 0) is 25.0 Å². The Balaban J connectivity index is 1.62. The molecule has 0 saturated heterocycles. The molecule has 1 saturated carbocycles. The first-order valence-electron chi connectivity index (χ1n) is 7.79. The highest BCUT2D eigenvalue weighted by atomic mass is 16.2. The summed E-state index contributed by atoms with van der Waals surface area (Å²) in [5, 5.41) is 6.37. The van der Waals surface area contributed by atoms with Gasteiger partial charge in [0, 0.05) is 11.6 Å². The van der Waals surface area contributed by atoms with Crippen molar-refractivity contribution < 1.29 is 9.59 Å². The predicted octanol–water partition coefficient (Wildman–Crippen LogP) is 1.56. The highest BCUT2D eigenvalue weighted by molar-refractivity contribution is 6.02. The number of carbonyl (C=O) groups is 2. The molecule has 120 valence electrons. The number of amides is 2. The van der Waals surface area contributed by atoms with Gasteiger partial charge in [0.25, 0.3) is 0 Å². The molecule has 2 aromatic rings. The molecule has 6 nitrogen and oxygen atoms in total. The van der Waals surface area contributed by atoms with Crippen LogP contribution in [0.3, 0.4) is 0 Å². The van der Waals surface area contributed by atoms with Crippen LogP contribution in [0.4, 0.5) is 5.69 Å². The number of benzene rings is 1. The summed E-state index contributed by atoms with van der Waals surface area (Å²) in [4.78, 5) is 28.5. The summed E-state index contributed by atoms with van der Waals surface area (Å²) in [6, 6.07) is 9.34. The molecule has 6 heteroatoms. The third-order valence-electron chi connectivity index (χ3n) is 4.26. The molecule has 1 fully saturated rings. The number of hydrogen-bond donors (Lipinski definition) is 3. The molecule has 1 aliphatic carbocycles. The van der Waals surface area contributed by atoms with E-state index in [1.54, 1.807) is 12.3 Å². The number of nitrogens with one attached hydrogen (secondary N) is 2. The lowest BCUT2D eigenvalue weighted by Gasteiger charge is -2.22. The minimum Gasteiger partial charge on any atom is -0.345 e. The first-order chi connectivity index (χ1) is 11.1. The third kappa shape index (κ3) is 3.32. The van der Waals surface area contributed by atoms with Gasteiger partial charge in [0.05, 0.1) is 23.3 Å². The van der Waals surface area contributed by atoms with E-state index in [4.69, 9.17) is 5.73 Å². The number of rotatable bonds is 4. The van der Waals surface area contributed by atoms with Crippen LogP contribution in [0, 0.1) is 0 Å². The van der Waals surface area contributed by atoms with Gasteiger partial charge in [0.1, 0.15) is 0 Å². The minimum absolute atomic E-state index is 0.0962. The zero-order chi connectivity index (χ0) is 16.3. The molecule has 1 aliphatic rings. The summed E-state index contributed by atoms with van der Waals surface area (Å²) in [5.74, 6) is -0.542. The van der Waals surface area contributed by atoms with Crippen molar-refractivity contribution in [1.29, 1.82) is 0 Å². The number of fused-ring (bicyclic) bond motifs is 1. The summed E-state index contributed by atoms with van der Waals surface area (Å²) < 4.78 is 0. The van der Waals surface area contributed by atoms with Gasteiger partial charge in [-0.2, -0.15) is 0 Å². The van der Waals surface area contributed by atoms with Crippen LogP contribution in [0.1, 0.15) is 25.7 Å². The van der Waals surface area contributed by atoms with Crippen LogP contribution in [0.2, 0.25) is 0 Å². The summed E-state index contributed by atoms with van der Waals surface area (Å²) in [6.45, 7) is -0.0962. The maximum atomic E-state index is 12.1. The molecular weight excluding hydrogens is 292 g/mol. The Hall–Kier alpha value is -2.47. The number of nitrogens with two attached hydrogens (primary N) is 1. The maximum absolute atomic E-state index is 12.1. The topological polar surface area (TPSA) is 97.1 Å². The number of nitrogens with zero attached hydrogens (tertiary/aromatic N) is 1. The van der Waals surface area contributed by atoms with E-state index in [2.05, 4.69) is 15.6 Å². The first-order valence-corrected chi connectivity index (χ1v) is 7.79. The minimum atomic E-state index is -0.818. The van der Waals surface area contributed by atoms with E-state index >= 15 is 0 Å². The van der Waals surface area contributed by atoms with Crippen LogP contribution in [-0.4, -0.2) is 28.9 Å². The van der Waals surface area contributed by atoms with Crippen molar-refractivity contribution in [3.8, 4) is 0 Å². The Labute approximate surface area is 134 Å². The molecule has 0 unspecified atom stereocenters. The molecule has 1 aromatic heterocycles.